The predicted octanol–water partition coefficient (Wildman–Crippen LogP) is 4.12. The van der Waals surface area contributed by atoms with E-state index in [0.29, 0.717) is 0 Å². The van der Waals surface area contributed by atoms with Gasteiger partial charge in [-0.15, -0.1) is 17.8 Å². The lowest BCUT2D eigenvalue weighted by Crippen LogP contribution is -2.24. The fourth-order valence-electron chi connectivity index (χ4n) is 2.79. The molecule has 4 aromatic rings. The number of terminal acetylenes is 1. The number of benzene rings is 1. The van der Waals surface area contributed by atoms with Crippen LogP contribution in [0.1, 0.15) is 5.69 Å². The summed E-state index contributed by atoms with van der Waals surface area (Å²) < 4.78 is 4.80. The van der Waals surface area contributed by atoms with E-state index in [4.69, 9.17) is 16.1 Å². The van der Waals surface area contributed by atoms with Gasteiger partial charge in [0.1, 0.15) is 10.7 Å². The van der Waals surface area contributed by atoms with Gasteiger partial charge in [0.05, 0.1) is 22.8 Å². The van der Waals surface area contributed by atoms with Gasteiger partial charge in [0.15, 0.2) is 6.61 Å². The maximum Gasteiger partial charge on any atom is 0.408 e. The predicted molar refractivity (Wildman–Crippen MR) is 115 cm³/mol. The average molecular weight is 415 g/mol. The molecule has 0 bridgehead atoms. The third-order valence-electron chi connectivity index (χ3n) is 4.16. The number of aromatic amines is 1. The Morgan fingerprint density at radius 1 is 1.20 bits per heavy atom. The van der Waals surface area contributed by atoms with Crippen molar-refractivity contribution in [2.45, 2.75) is 6.54 Å². The zero-order chi connectivity index (χ0) is 20.8. The summed E-state index contributed by atoms with van der Waals surface area (Å²) >= 11 is 1.54. The molecule has 3 aromatic heterocycles. The lowest BCUT2D eigenvalue weighted by Gasteiger charge is -2.02. The summed E-state index contributed by atoms with van der Waals surface area (Å²) in [6.07, 6.45) is 8.02. The van der Waals surface area contributed by atoms with Crippen molar-refractivity contribution in [3.63, 3.8) is 0 Å². The number of hydrogen-bond acceptors (Lipinski definition) is 6. The number of rotatable bonds is 6. The Hall–Kier alpha value is -3.96. The highest BCUT2D eigenvalue weighted by atomic mass is 32.1. The molecule has 7 nitrogen and oxygen atoms in total. The lowest BCUT2D eigenvalue weighted by atomic mass is 10.1. The van der Waals surface area contributed by atoms with E-state index in [1.807, 2.05) is 48.5 Å². The maximum absolute atomic E-state index is 11.6. The number of nitrogens with one attached hydrogen (secondary N) is 2. The molecular weight excluding hydrogens is 398 g/mol. The molecule has 0 saturated heterocycles. The van der Waals surface area contributed by atoms with Gasteiger partial charge in [-0.1, -0.05) is 36.3 Å². The molecule has 30 heavy (non-hydrogen) atoms. The van der Waals surface area contributed by atoms with E-state index in [0.717, 1.165) is 38.1 Å². The van der Waals surface area contributed by atoms with Crippen molar-refractivity contribution in [2.75, 3.05) is 6.61 Å². The van der Waals surface area contributed by atoms with E-state index in [1.165, 1.54) is 0 Å². The number of alkyl carbamates (subject to hydrolysis) is 1. The minimum Gasteiger partial charge on any atom is -0.436 e. The summed E-state index contributed by atoms with van der Waals surface area (Å²) in [4.78, 5) is 21.6. The lowest BCUT2D eigenvalue weighted by molar-refractivity contribution is 0.159. The van der Waals surface area contributed by atoms with Crippen LogP contribution in [-0.2, 0) is 11.3 Å². The minimum atomic E-state index is -0.578. The Morgan fingerprint density at radius 2 is 2.03 bits per heavy atom. The first-order valence-corrected chi connectivity index (χ1v) is 9.91. The van der Waals surface area contributed by atoms with E-state index in [2.05, 4.69) is 26.4 Å². The molecule has 1 aromatic carbocycles. The number of thiazole rings is 1. The zero-order valence-corrected chi connectivity index (χ0v) is 16.6. The smallest absolute Gasteiger partial charge is 0.408 e. The molecule has 8 heteroatoms. The van der Waals surface area contributed by atoms with Crippen LogP contribution in [0.2, 0.25) is 0 Å². The Bertz CT molecular complexity index is 1180. The molecule has 0 unspecified atom stereocenters. The van der Waals surface area contributed by atoms with Gasteiger partial charge >= 0.3 is 6.09 Å². The van der Waals surface area contributed by atoms with Gasteiger partial charge in [-0.05, 0) is 18.2 Å². The van der Waals surface area contributed by atoms with Crippen molar-refractivity contribution in [3.8, 4) is 44.7 Å². The molecule has 2 N–H and O–H groups in total. The van der Waals surface area contributed by atoms with Crippen molar-refractivity contribution >= 4 is 17.4 Å². The first-order chi connectivity index (χ1) is 14.7. The molecule has 0 radical (unpaired) electrons. The van der Waals surface area contributed by atoms with Crippen LogP contribution >= 0.6 is 11.3 Å². The molecule has 4 rings (SSSR count). The highest BCUT2D eigenvalue weighted by Gasteiger charge is 2.18. The third kappa shape index (κ3) is 4.37. The highest BCUT2D eigenvalue weighted by Crippen LogP contribution is 2.39. The van der Waals surface area contributed by atoms with Crippen LogP contribution in [0.15, 0.2) is 60.9 Å². The topological polar surface area (TPSA) is 92.8 Å². The second-order valence-corrected chi connectivity index (χ2v) is 7.22. The minimum absolute atomic E-state index is 0.0710. The first kappa shape index (κ1) is 19.4. The standard InChI is InChI=1S/C22H17N5O2S/c1-2-11-29-22(28)24-14-17-12-18(27-26-17)20-19(15-7-4-3-5-8-15)25-21(30-20)16-9-6-10-23-13-16/h1,3-10,12-13H,11,14H2,(H,24,28)(H,26,27). The quantitative estimate of drug-likeness (QED) is 0.462. The van der Waals surface area contributed by atoms with Crippen LogP contribution in [0.3, 0.4) is 0 Å². The van der Waals surface area contributed by atoms with Gasteiger partial charge in [-0.3, -0.25) is 10.1 Å². The van der Waals surface area contributed by atoms with E-state index < -0.39 is 6.09 Å². The SMILES string of the molecule is C#CCOC(=O)NCc1cc(-c2sc(-c3cccnc3)nc2-c2ccccc2)n[nH]1. The molecule has 0 aliphatic rings. The monoisotopic (exact) mass is 415 g/mol. The largest absolute Gasteiger partial charge is 0.436 e. The summed E-state index contributed by atoms with van der Waals surface area (Å²) in [5.74, 6) is 2.25. The van der Waals surface area contributed by atoms with E-state index in [9.17, 15) is 4.79 Å². The number of hydrogen-bond donors (Lipinski definition) is 2. The Kier molecular flexibility index (Phi) is 5.83. The van der Waals surface area contributed by atoms with Gasteiger partial charge in [-0.2, -0.15) is 5.10 Å². The third-order valence-corrected chi connectivity index (χ3v) is 5.28. The fraction of sp³-hybridized carbons (Fsp3) is 0.0909. The number of nitrogens with zero attached hydrogens (tertiary/aromatic N) is 3. The Balaban J connectivity index is 1.63. The van der Waals surface area contributed by atoms with Crippen LogP contribution in [0.4, 0.5) is 4.79 Å². The molecule has 0 saturated carbocycles. The molecule has 148 valence electrons. The van der Waals surface area contributed by atoms with Gasteiger partial charge in [0.2, 0.25) is 0 Å². The Labute approximate surface area is 177 Å². The van der Waals surface area contributed by atoms with Crippen LogP contribution in [0.25, 0.3) is 32.4 Å². The van der Waals surface area contributed by atoms with Crippen molar-refractivity contribution in [2.24, 2.45) is 0 Å². The number of amides is 1. The molecule has 3 heterocycles. The van der Waals surface area contributed by atoms with E-state index in [1.54, 1.807) is 23.7 Å². The number of ether oxygens (including phenoxy) is 1. The molecular formula is C22H17N5O2S. The summed E-state index contributed by atoms with van der Waals surface area (Å²) in [6.45, 7) is 0.170. The van der Waals surface area contributed by atoms with Gasteiger partial charge < -0.3 is 10.1 Å². The second-order valence-electron chi connectivity index (χ2n) is 6.22. The van der Waals surface area contributed by atoms with Crippen molar-refractivity contribution in [1.82, 2.24) is 25.5 Å². The van der Waals surface area contributed by atoms with Crippen LogP contribution in [-0.4, -0.2) is 32.9 Å². The molecule has 0 fully saturated rings. The van der Waals surface area contributed by atoms with Crippen LogP contribution in [0.5, 0.6) is 0 Å². The average Bonchev–Trinajstić information content (AvgIpc) is 3.45. The van der Waals surface area contributed by atoms with Crippen molar-refractivity contribution in [1.29, 1.82) is 0 Å². The molecule has 0 atom stereocenters. The molecule has 0 aliphatic carbocycles. The Morgan fingerprint density at radius 3 is 2.80 bits per heavy atom. The summed E-state index contributed by atoms with van der Waals surface area (Å²) in [5.41, 5.74) is 4.27. The summed E-state index contributed by atoms with van der Waals surface area (Å²) in [6, 6.07) is 15.7. The molecule has 1 amide bonds. The zero-order valence-electron chi connectivity index (χ0n) is 15.8. The number of carbonyl (C=O) groups is 1. The van der Waals surface area contributed by atoms with E-state index >= 15 is 0 Å². The van der Waals surface area contributed by atoms with Crippen molar-refractivity contribution < 1.29 is 9.53 Å². The first-order valence-electron chi connectivity index (χ1n) is 9.10. The second kappa shape index (κ2) is 9.03. The number of aromatic nitrogens is 4. The highest BCUT2D eigenvalue weighted by molar-refractivity contribution is 7.18. The van der Waals surface area contributed by atoms with Crippen LogP contribution < -0.4 is 5.32 Å². The fourth-order valence-corrected chi connectivity index (χ4v) is 3.83. The molecule has 0 spiro atoms. The van der Waals surface area contributed by atoms with Crippen molar-refractivity contribution in [3.05, 3.63) is 66.6 Å². The number of H-pyrrole nitrogens is 1. The molecule has 0 aliphatic heterocycles. The van der Waals surface area contributed by atoms with E-state index in [-0.39, 0.29) is 13.2 Å². The maximum atomic E-state index is 11.6. The number of carbonyl (C=O) groups excluding carboxylic acids is 1. The summed E-state index contributed by atoms with van der Waals surface area (Å²) in [5, 5.41) is 10.9. The van der Waals surface area contributed by atoms with Gasteiger partial charge in [0.25, 0.3) is 0 Å². The van der Waals surface area contributed by atoms with Gasteiger partial charge in [-0.25, -0.2) is 9.78 Å². The van der Waals surface area contributed by atoms with Gasteiger partial charge in [0, 0.05) is 23.5 Å². The van der Waals surface area contributed by atoms with Crippen LogP contribution in [0, 0.1) is 12.3 Å². The number of pyridine rings is 1. The normalized spacial score (nSPS) is 10.4. The summed E-state index contributed by atoms with van der Waals surface area (Å²) in [7, 11) is 0.